The monoisotopic (exact) mass is 132 g/mol. The molecule has 0 N–H and O–H groups in total. The molecule has 0 fully saturated rings. The van der Waals surface area contributed by atoms with E-state index in [0.717, 1.165) is 16.0 Å². The zero-order chi connectivity index (χ0) is 6.97. The summed E-state index contributed by atoms with van der Waals surface area (Å²) in [5.41, 5.74) is 1.81. The highest BCUT2D eigenvalue weighted by Gasteiger charge is 2.29. The zero-order valence-corrected chi connectivity index (χ0v) is 5.37. The lowest BCUT2D eigenvalue weighted by atomic mass is 10.2. The van der Waals surface area contributed by atoms with Crippen LogP contribution in [0.5, 0.6) is 0 Å². The summed E-state index contributed by atoms with van der Waals surface area (Å²) < 4.78 is 0.801. The number of hydrogen-bond donors (Lipinski definition) is 0. The van der Waals surface area contributed by atoms with Crippen LogP contribution in [0.3, 0.4) is 0 Å². The van der Waals surface area contributed by atoms with Gasteiger partial charge in [-0.1, -0.05) is 18.2 Å². The predicted molar refractivity (Wildman–Crippen MR) is 36.7 cm³/mol. The molecule has 0 spiro atoms. The smallest absolute Gasteiger partial charge is 0.0615 e. The normalized spacial score (nSPS) is 15.4. The number of nitroso groups, excluding NO2 is 1. The van der Waals surface area contributed by atoms with Gasteiger partial charge in [0.05, 0.1) is 11.2 Å². The molecule has 1 heterocycles. The first-order valence-corrected chi connectivity index (χ1v) is 3.16. The van der Waals surface area contributed by atoms with Crippen molar-refractivity contribution in [3.05, 3.63) is 41.3 Å². The summed E-state index contributed by atoms with van der Waals surface area (Å²) in [5.74, 6) is 0. The van der Waals surface area contributed by atoms with E-state index in [4.69, 9.17) is 0 Å². The highest BCUT2D eigenvalue weighted by Crippen LogP contribution is 2.26. The Morgan fingerprint density at radius 3 is 3.00 bits per heavy atom. The van der Waals surface area contributed by atoms with Crippen LogP contribution in [-0.4, -0.2) is 4.76 Å². The Labute approximate surface area is 59.1 Å². The second-order valence-electron chi connectivity index (χ2n) is 2.26. The Morgan fingerprint density at radius 1 is 1.40 bits per heavy atom. The Bertz CT molecular complexity index is 280. The highest BCUT2D eigenvalue weighted by atomic mass is 16.3. The minimum atomic E-state index is 0.652. The Kier molecular flexibility index (Phi) is 1.07. The van der Waals surface area contributed by atoms with E-state index in [1.807, 2.05) is 24.3 Å². The van der Waals surface area contributed by atoms with Crippen molar-refractivity contribution in [1.29, 1.82) is 0 Å². The largest absolute Gasteiger partial charge is 0.372 e. The van der Waals surface area contributed by atoms with Crippen molar-refractivity contribution in [3.63, 3.8) is 0 Å². The fourth-order valence-corrected chi connectivity index (χ4v) is 1.10. The van der Waals surface area contributed by atoms with Crippen LogP contribution in [0, 0.1) is 11.5 Å². The van der Waals surface area contributed by atoms with E-state index in [2.05, 4.69) is 6.54 Å². The first kappa shape index (κ1) is 5.59. The van der Waals surface area contributed by atoms with E-state index >= 15 is 0 Å². The van der Waals surface area contributed by atoms with Crippen LogP contribution < -0.4 is 0 Å². The SMILES string of the molecule is O=[N+]1[C]Cc2ccccc21. The summed E-state index contributed by atoms with van der Waals surface area (Å²) in [5, 5.41) is 0. The molecule has 10 heavy (non-hydrogen) atoms. The number of nitrogens with zero attached hydrogens (tertiary/aromatic N) is 1. The Hall–Kier alpha value is -1.18. The molecule has 0 saturated carbocycles. The van der Waals surface area contributed by atoms with Gasteiger partial charge in [-0.05, 0) is 0 Å². The summed E-state index contributed by atoms with van der Waals surface area (Å²) >= 11 is 0. The third kappa shape index (κ3) is 0.652. The van der Waals surface area contributed by atoms with E-state index in [1.54, 1.807) is 0 Å². The molecule has 2 nitrogen and oxygen atoms in total. The van der Waals surface area contributed by atoms with Gasteiger partial charge in [-0.2, -0.15) is 0 Å². The average Bonchev–Trinajstić information content (AvgIpc) is 2.34. The molecule has 2 heteroatoms. The fraction of sp³-hybridized carbons (Fsp3) is 0.125. The van der Waals surface area contributed by atoms with Crippen molar-refractivity contribution < 1.29 is 4.76 Å². The Balaban J connectivity index is 2.61. The second kappa shape index (κ2) is 1.90. The van der Waals surface area contributed by atoms with Gasteiger partial charge in [-0.3, -0.25) is 0 Å². The molecular formula is C8H6NO+. The van der Waals surface area contributed by atoms with Gasteiger partial charge in [0.1, 0.15) is 0 Å². The van der Waals surface area contributed by atoms with Gasteiger partial charge in [0.15, 0.2) is 0 Å². The lowest BCUT2D eigenvalue weighted by Crippen LogP contribution is -1.86. The van der Waals surface area contributed by atoms with Crippen LogP contribution in [0.2, 0.25) is 0 Å². The maximum Gasteiger partial charge on any atom is 0.372 e. The van der Waals surface area contributed by atoms with Gasteiger partial charge in [0.2, 0.25) is 0 Å². The fourth-order valence-electron chi connectivity index (χ4n) is 1.10. The number of fused-ring (bicyclic) bond motifs is 1. The maximum absolute atomic E-state index is 10.9. The molecule has 2 radical (unpaired) electrons. The van der Waals surface area contributed by atoms with Crippen molar-refractivity contribution in [1.82, 2.24) is 0 Å². The summed E-state index contributed by atoms with van der Waals surface area (Å²) in [6.07, 6.45) is 0.652. The first-order valence-electron chi connectivity index (χ1n) is 3.16. The van der Waals surface area contributed by atoms with E-state index in [9.17, 15) is 4.91 Å². The zero-order valence-electron chi connectivity index (χ0n) is 5.37. The number of rotatable bonds is 0. The molecule has 0 amide bonds. The standard InChI is InChI=1S/C8H6NO/c10-9-6-5-7-3-1-2-4-8(7)9/h1-4H,5H2/q+1. The van der Waals surface area contributed by atoms with Crippen molar-refractivity contribution in [2.24, 2.45) is 0 Å². The van der Waals surface area contributed by atoms with Gasteiger partial charge in [0, 0.05) is 16.5 Å². The summed E-state index contributed by atoms with van der Waals surface area (Å²) in [4.78, 5) is 10.9. The topological polar surface area (TPSA) is 20.1 Å². The second-order valence-corrected chi connectivity index (χ2v) is 2.26. The summed E-state index contributed by atoms with van der Waals surface area (Å²) in [7, 11) is 0. The number of para-hydroxylation sites is 1. The molecule has 1 aliphatic heterocycles. The number of hydrogen-bond acceptors (Lipinski definition) is 1. The molecular weight excluding hydrogens is 126 g/mol. The van der Waals surface area contributed by atoms with Crippen LogP contribution in [-0.2, 0) is 6.42 Å². The van der Waals surface area contributed by atoms with Crippen LogP contribution in [0.1, 0.15) is 5.56 Å². The van der Waals surface area contributed by atoms with Crippen molar-refractivity contribution in [2.75, 3.05) is 0 Å². The third-order valence-electron chi connectivity index (χ3n) is 1.62. The molecule has 0 bridgehead atoms. The van der Waals surface area contributed by atoms with E-state index in [1.165, 1.54) is 0 Å². The third-order valence-corrected chi connectivity index (χ3v) is 1.62. The lowest BCUT2D eigenvalue weighted by molar-refractivity contribution is -0.409. The van der Waals surface area contributed by atoms with Crippen LogP contribution >= 0.6 is 0 Å². The van der Waals surface area contributed by atoms with Gasteiger partial charge >= 0.3 is 6.54 Å². The van der Waals surface area contributed by atoms with Crippen molar-refractivity contribution in [2.45, 2.75) is 6.42 Å². The molecule has 0 saturated heterocycles. The molecule has 0 unspecified atom stereocenters. The van der Waals surface area contributed by atoms with Gasteiger partial charge < -0.3 is 0 Å². The van der Waals surface area contributed by atoms with Gasteiger partial charge in [-0.15, -0.1) is 0 Å². The summed E-state index contributed by atoms with van der Waals surface area (Å²) in [6.45, 7) is 2.66. The quantitative estimate of drug-likeness (QED) is 0.492. The van der Waals surface area contributed by atoms with Crippen LogP contribution in [0.4, 0.5) is 5.69 Å². The Morgan fingerprint density at radius 2 is 2.20 bits per heavy atom. The van der Waals surface area contributed by atoms with Crippen LogP contribution in [0.15, 0.2) is 24.3 Å². The minimum absolute atomic E-state index is 0.652. The molecule has 0 aromatic heterocycles. The molecule has 0 atom stereocenters. The van der Waals surface area contributed by atoms with Gasteiger partial charge in [-0.25, -0.2) is 0 Å². The van der Waals surface area contributed by atoms with Gasteiger partial charge in [0.25, 0.3) is 5.69 Å². The molecule has 1 aliphatic rings. The van der Waals surface area contributed by atoms with Crippen LogP contribution in [0.25, 0.3) is 0 Å². The lowest BCUT2D eigenvalue weighted by Gasteiger charge is -1.84. The average molecular weight is 132 g/mol. The highest BCUT2D eigenvalue weighted by molar-refractivity contribution is 5.42. The molecule has 1 aromatic carbocycles. The van der Waals surface area contributed by atoms with E-state index in [0.29, 0.717) is 6.42 Å². The van der Waals surface area contributed by atoms with E-state index < -0.39 is 0 Å². The summed E-state index contributed by atoms with van der Waals surface area (Å²) in [6, 6.07) is 7.54. The van der Waals surface area contributed by atoms with Crippen molar-refractivity contribution >= 4 is 5.69 Å². The van der Waals surface area contributed by atoms with E-state index in [-0.39, 0.29) is 0 Å². The van der Waals surface area contributed by atoms with Crippen molar-refractivity contribution in [3.8, 4) is 0 Å². The molecule has 1 aromatic rings. The predicted octanol–water partition coefficient (Wildman–Crippen LogP) is 1.69. The molecule has 48 valence electrons. The minimum Gasteiger partial charge on any atom is -0.0615 e. The first-order chi connectivity index (χ1) is 4.88. The molecule has 0 aliphatic carbocycles. The maximum atomic E-state index is 10.9. The molecule has 2 rings (SSSR count). The number of benzene rings is 1.